The SMILES string of the molecule is O=C(O)C1(c2cccc(Cc3cc[nH]c3)c2)CC1. The summed E-state index contributed by atoms with van der Waals surface area (Å²) < 4.78 is 0. The zero-order chi connectivity index (χ0) is 12.6. The van der Waals surface area contributed by atoms with Crippen molar-refractivity contribution in [2.75, 3.05) is 0 Å². The van der Waals surface area contributed by atoms with E-state index in [-0.39, 0.29) is 0 Å². The Hall–Kier alpha value is -2.03. The van der Waals surface area contributed by atoms with Gasteiger partial charge in [0.2, 0.25) is 0 Å². The van der Waals surface area contributed by atoms with Crippen molar-refractivity contribution in [1.82, 2.24) is 4.98 Å². The number of aromatic amines is 1. The summed E-state index contributed by atoms with van der Waals surface area (Å²) in [6, 6.07) is 10.0. The second kappa shape index (κ2) is 4.02. The molecule has 2 N–H and O–H groups in total. The molecule has 1 heterocycles. The first kappa shape index (κ1) is 11.1. The topological polar surface area (TPSA) is 53.1 Å². The molecule has 1 aromatic heterocycles. The predicted molar refractivity (Wildman–Crippen MR) is 68.6 cm³/mol. The molecule has 0 radical (unpaired) electrons. The lowest BCUT2D eigenvalue weighted by atomic mass is 9.93. The van der Waals surface area contributed by atoms with E-state index in [2.05, 4.69) is 11.1 Å². The number of aromatic nitrogens is 1. The molecule has 1 aromatic carbocycles. The summed E-state index contributed by atoms with van der Waals surface area (Å²) in [5, 5.41) is 9.30. The molecule has 0 bridgehead atoms. The Balaban J connectivity index is 1.88. The lowest BCUT2D eigenvalue weighted by molar-refractivity contribution is -0.140. The van der Waals surface area contributed by atoms with Crippen molar-refractivity contribution in [3.05, 3.63) is 59.4 Å². The molecule has 3 rings (SSSR count). The van der Waals surface area contributed by atoms with Crippen molar-refractivity contribution in [2.24, 2.45) is 0 Å². The fourth-order valence-corrected chi connectivity index (χ4v) is 2.43. The van der Waals surface area contributed by atoms with Gasteiger partial charge in [-0.2, -0.15) is 0 Å². The number of aliphatic carboxylic acids is 1. The van der Waals surface area contributed by atoms with E-state index in [4.69, 9.17) is 0 Å². The minimum atomic E-state index is -0.693. The molecule has 0 amide bonds. The molecular formula is C15H15NO2. The number of H-pyrrole nitrogens is 1. The fraction of sp³-hybridized carbons (Fsp3) is 0.267. The molecular weight excluding hydrogens is 226 g/mol. The Morgan fingerprint density at radius 3 is 2.72 bits per heavy atom. The third-order valence-corrected chi connectivity index (χ3v) is 3.71. The Bertz CT molecular complexity index is 568. The maximum atomic E-state index is 11.3. The normalized spacial score (nSPS) is 16.4. The number of carboxylic acids is 1. The van der Waals surface area contributed by atoms with Crippen LogP contribution in [-0.2, 0) is 16.6 Å². The van der Waals surface area contributed by atoms with Crippen molar-refractivity contribution in [1.29, 1.82) is 0 Å². The number of benzene rings is 1. The van der Waals surface area contributed by atoms with Gasteiger partial charge in [-0.1, -0.05) is 24.3 Å². The van der Waals surface area contributed by atoms with Crippen LogP contribution in [0.15, 0.2) is 42.7 Å². The van der Waals surface area contributed by atoms with Crippen LogP contribution in [-0.4, -0.2) is 16.1 Å². The van der Waals surface area contributed by atoms with E-state index in [1.807, 2.05) is 36.7 Å². The number of carboxylic acid groups (broad SMARTS) is 1. The van der Waals surface area contributed by atoms with Gasteiger partial charge in [-0.15, -0.1) is 0 Å². The largest absolute Gasteiger partial charge is 0.481 e. The first-order valence-electron chi connectivity index (χ1n) is 6.15. The Morgan fingerprint density at radius 1 is 1.28 bits per heavy atom. The van der Waals surface area contributed by atoms with Crippen LogP contribution in [0.3, 0.4) is 0 Å². The summed E-state index contributed by atoms with van der Waals surface area (Å²) in [6.07, 6.45) is 6.23. The molecule has 0 aliphatic heterocycles. The molecule has 0 saturated heterocycles. The van der Waals surface area contributed by atoms with Crippen LogP contribution >= 0.6 is 0 Å². The smallest absolute Gasteiger partial charge is 0.314 e. The Labute approximate surface area is 105 Å². The van der Waals surface area contributed by atoms with Crippen LogP contribution in [0.25, 0.3) is 0 Å². The van der Waals surface area contributed by atoms with Gasteiger partial charge in [-0.25, -0.2) is 0 Å². The van der Waals surface area contributed by atoms with Crippen LogP contribution in [0.1, 0.15) is 29.5 Å². The molecule has 1 saturated carbocycles. The van der Waals surface area contributed by atoms with E-state index < -0.39 is 11.4 Å². The predicted octanol–water partition coefficient (Wildman–Crippen LogP) is 2.72. The highest BCUT2D eigenvalue weighted by Crippen LogP contribution is 2.48. The highest BCUT2D eigenvalue weighted by Gasteiger charge is 2.51. The maximum absolute atomic E-state index is 11.3. The fourth-order valence-electron chi connectivity index (χ4n) is 2.43. The second-order valence-corrected chi connectivity index (χ2v) is 4.98. The van der Waals surface area contributed by atoms with E-state index in [1.165, 1.54) is 11.1 Å². The zero-order valence-corrected chi connectivity index (χ0v) is 10.0. The third-order valence-electron chi connectivity index (χ3n) is 3.71. The van der Waals surface area contributed by atoms with Crippen molar-refractivity contribution in [3.8, 4) is 0 Å². The van der Waals surface area contributed by atoms with Gasteiger partial charge in [0.1, 0.15) is 0 Å². The number of hydrogen-bond acceptors (Lipinski definition) is 1. The van der Waals surface area contributed by atoms with E-state index in [9.17, 15) is 9.90 Å². The van der Waals surface area contributed by atoms with Crippen molar-refractivity contribution < 1.29 is 9.90 Å². The van der Waals surface area contributed by atoms with E-state index in [0.717, 1.165) is 24.8 Å². The van der Waals surface area contributed by atoms with Gasteiger partial charge in [-0.3, -0.25) is 4.79 Å². The summed E-state index contributed by atoms with van der Waals surface area (Å²) in [5.41, 5.74) is 2.73. The average molecular weight is 241 g/mol. The summed E-state index contributed by atoms with van der Waals surface area (Å²) in [7, 11) is 0. The molecule has 3 heteroatoms. The summed E-state index contributed by atoms with van der Waals surface area (Å²) in [6.45, 7) is 0. The van der Waals surface area contributed by atoms with Gasteiger partial charge in [-0.05, 0) is 42.0 Å². The van der Waals surface area contributed by atoms with Gasteiger partial charge < -0.3 is 10.1 Å². The third kappa shape index (κ3) is 1.82. The number of nitrogens with one attached hydrogen (secondary N) is 1. The monoisotopic (exact) mass is 241 g/mol. The van der Waals surface area contributed by atoms with Crippen LogP contribution < -0.4 is 0 Å². The first-order valence-corrected chi connectivity index (χ1v) is 6.15. The summed E-state index contributed by atoms with van der Waals surface area (Å²) >= 11 is 0. The van der Waals surface area contributed by atoms with Gasteiger partial charge in [0.05, 0.1) is 5.41 Å². The van der Waals surface area contributed by atoms with Crippen molar-refractivity contribution in [2.45, 2.75) is 24.7 Å². The molecule has 1 aliphatic rings. The minimum Gasteiger partial charge on any atom is -0.481 e. The number of rotatable bonds is 4. The molecule has 18 heavy (non-hydrogen) atoms. The summed E-state index contributed by atoms with van der Waals surface area (Å²) in [5.74, 6) is -0.693. The van der Waals surface area contributed by atoms with E-state index >= 15 is 0 Å². The standard InChI is InChI=1S/C15H15NO2/c17-14(18)15(5-6-15)13-3-1-2-11(9-13)8-12-4-7-16-10-12/h1-4,7,9-10,16H,5-6,8H2,(H,17,18). The zero-order valence-electron chi connectivity index (χ0n) is 10.0. The van der Waals surface area contributed by atoms with Crippen LogP contribution in [0.5, 0.6) is 0 Å². The molecule has 1 fully saturated rings. The molecule has 0 unspecified atom stereocenters. The van der Waals surface area contributed by atoms with Gasteiger partial charge in [0, 0.05) is 12.4 Å². The maximum Gasteiger partial charge on any atom is 0.314 e. The first-order chi connectivity index (χ1) is 8.71. The van der Waals surface area contributed by atoms with Crippen molar-refractivity contribution >= 4 is 5.97 Å². The van der Waals surface area contributed by atoms with Crippen LogP contribution in [0.2, 0.25) is 0 Å². The second-order valence-electron chi connectivity index (χ2n) is 4.98. The molecule has 3 nitrogen and oxygen atoms in total. The quantitative estimate of drug-likeness (QED) is 0.864. The highest BCUT2D eigenvalue weighted by atomic mass is 16.4. The van der Waals surface area contributed by atoms with Gasteiger partial charge in [0.25, 0.3) is 0 Å². The average Bonchev–Trinajstić information content (AvgIpc) is 3.04. The van der Waals surface area contributed by atoms with E-state index in [0.29, 0.717) is 0 Å². The molecule has 0 atom stereocenters. The Kier molecular flexibility index (Phi) is 2.47. The Morgan fingerprint density at radius 2 is 2.11 bits per heavy atom. The summed E-state index contributed by atoms with van der Waals surface area (Å²) in [4.78, 5) is 14.3. The van der Waals surface area contributed by atoms with Gasteiger partial charge in [0.15, 0.2) is 0 Å². The number of carbonyl (C=O) groups is 1. The molecule has 0 spiro atoms. The lowest BCUT2D eigenvalue weighted by Crippen LogP contribution is -2.19. The van der Waals surface area contributed by atoms with Gasteiger partial charge >= 0.3 is 5.97 Å². The molecule has 92 valence electrons. The molecule has 2 aromatic rings. The van der Waals surface area contributed by atoms with Crippen LogP contribution in [0, 0.1) is 0 Å². The molecule has 1 aliphatic carbocycles. The van der Waals surface area contributed by atoms with Crippen molar-refractivity contribution in [3.63, 3.8) is 0 Å². The van der Waals surface area contributed by atoms with Crippen LogP contribution in [0.4, 0.5) is 0 Å². The highest BCUT2D eigenvalue weighted by molar-refractivity contribution is 5.84. The lowest BCUT2D eigenvalue weighted by Gasteiger charge is -2.11. The van der Waals surface area contributed by atoms with E-state index in [1.54, 1.807) is 0 Å². The number of hydrogen-bond donors (Lipinski definition) is 2. The minimum absolute atomic E-state index is 0.603.